The molecule has 1 N–H and O–H groups in total. The summed E-state index contributed by atoms with van der Waals surface area (Å²) < 4.78 is 6.36. The third-order valence-electron chi connectivity index (χ3n) is 2.77. The molecule has 0 heterocycles. The highest BCUT2D eigenvalue weighted by Crippen LogP contribution is 2.20. The number of aryl methyl sites for hydroxylation is 1. The Morgan fingerprint density at radius 1 is 1.32 bits per heavy atom. The molecule has 0 aliphatic carbocycles. The van der Waals surface area contributed by atoms with Crippen LogP contribution in [-0.4, -0.2) is 18.7 Å². The Hall–Kier alpha value is -1.85. The first-order valence-corrected chi connectivity index (χ1v) is 7.68. The van der Waals surface area contributed by atoms with E-state index < -0.39 is 0 Å². The number of ether oxygens (including phenoxy) is 1. The summed E-state index contributed by atoms with van der Waals surface area (Å²) in [6.45, 7) is 1.76. The highest BCUT2D eigenvalue weighted by Gasteiger charge is 2.03. The molecule has 0 atom stereocenters. The van der Waals surface area contributed by atoms with Crippen LogP contribution >= 0.6 is 27.5 Å². The minimum atomic E-state index is -0.332. The summed E-state index contributed by atoms with van der Waals surface area (Å²) in [7, 11) is 0. The van der Waals surface area contributed by atoms with Gasteiger partial charge < -0.3 is 4.74 Å². The number of hydrogen-bond acceptors (Lipinski definition) is 3. The zero-order valence-electron chi connectivity index (χ0n) is 11.8. The van der Waals surface area contributed by atoms with E-state index in [0.717, 1.165) is 15.6 Å². The Morgan fingerprint density at radius 3 is 2.73 bits per heavy atom. The van der Waals surface area contributed by atoms with E-state index >= 15 is 0 Å². The van der Waals surface area contributed by atoms with Gasteiger partial charge in [0, 0.05) is 9.50 Å². The third kappa shape index (κ3) is 5.16. The molecule has 0 spiro atoms. The van der Waals surface area contributed by atoms with Crippen molar-refractivity contribution in [2.75, 3.05) is 6.61 Å². The monoisotopic (exact) mass is 380 g/mol. The highest BCUT2D eigenvalue weighted by atomic mass is 79.9. The van der Waals surface area contributed by atoms with Crippen LogP contribution in [0.2, 0.25) is 5.02 Å². The number of nitrogens with one attached hydrogen (secondary N) is 1. The van der Waals surface area contributed by atoms with Gasteiger partial charge in [0.25, 0.3) is 5.91 Å². The second kappa shape index (κ2) is 7.96. The van der Waals surface area contributed by atoms with Gasteiger partial charge in [-0.2, -0.15) is 5.10 Å². The molecule has 0 aliphatic heterocycles. The summed E-state index contributed by atoms with van der Waals surface area (Å²) in [5.41, 5.74) is 4.19. The van der Waals surface area contributed by atoms with Crippen molar-refractivity contribution >= 4 is 39.7 Å². The molecule has 0 unspecified atom stereocenters. The van der Waals surface area contributed by atoms with Crippen LogP contribution in [0.1, 0.15) is 11.1 Å². The fraction of sp³-hybridized carbons (Fsp3) is 0.125. The molecular weight excluding hydrogens is 368 g/mol. The molecule has 0 fully saturated rings. The molecule has 22 heavy (non-hydrogen) atoms. The van der Waals surface area contributed by atoms with Crippen molar-refractivity contribution in [1.82, 2.24) is 5.43 Å². The number of hydrazone groups is 1. The van der Waals surface area contributed by atoms with E-state index in [9.17, 15) is 4.79 Å². The molecular formula is C16H14BrClN2O2. The van der Waals surface area contributed by atoms with E-state index in [1.807, 2.05) is 31.2 Å². The average Bonchev–Trinajstić information content (AvgIpc) is 2.50. The summed E-state index contributed by atoms with van der Waals surface area (Å²) in [6.07, 6.45) is 1.57. The number of hydrogen-bond donors (Lipinski definition) is 1. The first-order valence-electron chi connectivity index (χ1n) is 6.51. The Bertz CT molecular complexity index is 687. The Kier molecular flexibility index (Phi) is 5.98. The van der Waals surface area contributed by atoms with Crippen LogP contribution in [0.15, 0.2) is 52.0 Å². The first kappa shape index (κ1) is 16.5. The van der Waals surface area contributed by atoms with E-state index in [-0.39, 0.29) is 12.5 Å². The smallest absolute Gasteiger partial charge is 0.277 e. The number of carbonyl (C=O) groups is 1. The number of benzene rings is 2. The second-order valence-corrected chi connectivity index (χ2v) is 5.87. The van der Waals surface area contributed by atoms with Crippen LogP contribution in [0.4, 0.5) is 0 Å². The zero-order chi connectivity index (χ0) is 15.9. The topological polar surface area (TPSA) is 50.7 Å². The maximum atomic E-state index is 11.6. The lowest BCUT2D eigenvalue weighted by Crippen LogP contribution is -2.24. The number of carbonyl (C=O) groups excluding carboxylic acids is 1. The van der Waals surface area contributed by atoms with Crippen molar-refractivity contribution in [3.05, 3.63) is 63.1 Å². The van der Waals surface area contributed by atoms with E-state index in [4.69, 9.17) is 16.3 Å². The van der Waals surface area contributed by atoms with Crippen LogP contribution in [0.3, 0.4) is 0 Å². The lowest BCUT2D eigenvalue weighted by atomic mass is 10.2. The lowest BCUT2D eigenvalue weighted by molar-refractivity contribution is -0.123. The maximum absolute atomic E-state index is 11.6. The van der Waals surface area contributed by atoms with Gasteiger partial charge in [-0.3, -0.25) is 4.79 Å². The molecule has 114 valence electrons. The van der Waals surface area contributed by atoms with Gasteiger partial charge >= 0.3 is 0 Å². The number of nitrogens with zero attached hydrogens (tertiary/aromatic N) is 1. The molecule has 2 aromatic carbocycles. The molecule has 1 amide bonds. The molecule has 2 aromatic rings. The number of halogens is 2. The molecule has 0 saturated heterocycles. The molecule has 0 aromatic heterocycles. The molecule has 0 bridgehead atoms. The number of rotatable bonds is 5. The van der Waals surface area contributed by atoms with Gasteiger partial charge in [-0.15, -0.1) is 0 Å². The predicted octanol–water partition coefficient (Wildman–Crippen LogP) is 3.94. The summed E-state index contributed by atoms with van der Waals surface area (Å²) >= 11 is 9.27. The molecule has 0 saturated carbocycles. The standard InChI is InChI=1S/C16H14BrClN2O2/c1-11-8-14(6-7-15(11)18)22-10-16(21)20-19-9-12-2-4-13(17)5-3-12/h2-9H,10H2,1H3,(H,20,21)/b19-9-. The summed E-state index contributed by atoms with van der Waals surface area (Å²) in [5, 5.41) is 4.54. The highest BCUT2D eigenvalue weighted by molar-refractivity contribution is 9.10. The van der Waals surface area contributed by atoms with Crippen LogP contribution < -0.4 is 10.2 Å². The van der Waals surface area contributed by atoms with E-state index in [1.165, 1.54) is 0 Å². The van der Waals surface area contributed by atoms with Crippen LogP contribution in [0, 0.1) is 6.92 Å². The third-order valence-corrected chi connectivity index (χ3v) is 3.72. The predicted molar refractivity (Wildman–Crippen MR) is 91.6 cm³/mol. The lowest BCUT2D eigenvalue weighted by Gasteiger charge is -2.06. The van der Waals surface area contributed by atoms with Gasteiger partial charge in [0.05, 0.1) is 6.21 Å². The van der Waals surface area contributed by atoms with E-state index in [0.29, 0.717) is 10.8 Å². The van der Waals surface area contributed by atoms with Gasteiger partial charge in [0.15, 0.2) is 6.61 Å². The molecule has 2 rings (SSSR count). The fourth-order valence-corrected chi connectivity index (χ4v) is 2.00. The average molecular weight is 382 g/mol. The molecule has 0 radical (unpaired) electrons. The second-order valence-electron chi connectivity index (χ2n) is 4.54. The van der Waals surface area contributed by atoms with Gasteiger partial charge in [0.2, 0.25) is 0 Å². The molecule has 4 nitrogen and oxygen atoms in total. The molecule has 0 aliphatic rings. The summed E-state index contributed by atoms with van der Waals surface area (Å²) in [6, 6.07) is 12.8. The van der Waals surface area contributed by atoms with Crippen molar-refractivity contribution in [2.45, 2.75) is 6.92 Å². The maximum Gasteiger partial charge on any atom is 0.277 e. The van der Waals surface area contributed by atoms with Gasteiger partial charge in [-0.1, -0.05) is 39.7 Å². The largest absolute Gasteiger partial charge is 0.484 e. The Morgan fingerprint density at radius 2 is 2.05 bits per heavy atom. The van der Waals surface area contributed by atoms with Crippen LogP contribution in [0.25, 0.3) is 0 Å². The van der Waals surface area contributed by atoms with Crippen LogP contribution in [-0.2, 0) is 4.79 Å². The zero-order valence-corrected chi connectivity index (χ0v) is 14.2. The minimum absolute atomic E-state index is 0.112. The first-order chi connectivity index (χ1) is 10.5. The normalized spacial score (nSPS) is 10.7. The summed E-state index contributed by atoms with van der Waals surface area (Å²) in [4.78, 5) is 11.6. The minimum Gasteiger partial charge on any atom is -0.484 e. The fourth-order valence-electron chi connectivity index (χ4n) is 1.62. The quantitative estimate of drug-likeness (QED) is 0.630. The van der Waals surface area contributed by atoms with Crippen molar-refractivity contribution < 1.29 is 9.53 Å². The van der Waals surface area contributed by atoms with Crippen molar-refractivity contribution in [3.8, 4) is 5.75 Å². The Balaban J connectivity index is 1.80. The number of amides is 1. The van der Waals surface area contributed by atoms with Gasteiger partial charge in [0.1, 0.15) is 5.75 Å². The van der Waals surface area contributed by atoms with Crippen LogP contribution in [0.5, 0.6) is 5.75 Å². The van der Waals surface area contributed by atoms with E-state index in [2.05, 4.69) is 26.5 Å². The van der Waals surface area contributed by atoms with E-state index in [1.54, 1.807) is 24.4 Å². The van der Waals surface area contributed by atoms with Crippen molar-refractivity contribution in [2.24, 2.45) is 5.10 Å². The Labute approximate surface area is 142 Å². The summed E-state index contributed by atoms with van der Waals surface area (Å²) in [5.74, 6) is 0.259. The van der Waals surface area contributed by atoms with Gasteiger partial charge in [-0.05, 0) is 48.4 Å². The molecule has 6 heteroatoms. The SMILES string of the molecule is Cc1cc(OCC(=O)N/N=C\c2ccc(Br)cc2)ccc1Cl. The van der Waals surface area contributed by atoms with Gasteiger partial charge in [-0.25, -0.2) is 5.43 Å². The van der Waals surface area contributed by atoms with Crippen molar-refractivity contribution in [3.63, 3.8) is 0 Å². The van der Waals surface area contributed by atoms with Crippen molar-refractivity contribution in [1.29, 1.82) is 0 Å².